The normalized spacial score (nSPS) is 19.6. The number of hydrogen-bond acceptors (Lipinski definition) is 11. The maximum atomic E-state index is 12.0. The lowest BCUT2D eigenvalue weighted by atomic mass is 10.2. The number of carbonyl (C=O) groups excluding carboxylic acids is 2. The van der Waals surface area contributed by atoms with Crippen molar-refractivity contribution in [3.05, 3.63) is 0 Å². The maximum absolute atomic E-state index is 12.0. The molecule has 2 saturated heterocycles. The molecule has 0 aromatic heterocycles. The Labute approximate surface area is 200 Å². The molecule has 2 fully saturated rings. The third-order valence-electron chi connectivity index (χ3n) is 4.41. The molecule has 2 rings (SSSR count). The van der Waals surface area contributed by atoms with E-state index in [0.29, 0.717) is 13.2 Å². The summed E-state index contributed by atoms with van der Waals surface area (Å²) in [6.45, 7) is 5.39. The minimum absolute atomic E-state index is 0.171. The Hall–Kier alpha value is 1.32. The zero-order chi connectivity index (χ0) is 20.6. The van der Waals surface area contributed by atoms with Crippen LogP contribution in [0.4, 0.5) is 9.59 Å². The van der Waals surface area contributed by atoms with Crippen molar-refractivity contribution >= 4 is 76.0 Å². The van der Waals surface area contributed by atoms with E-state index in [2.05, 4.69) is 8.61 Å². The Kier molecular flexibility index (Phi) is 16.3. The summed E-state index contributed by atoms with van der Waals surface area (Å²) in [4.78, 5) is 24.0. The molecule has 0 radical (unpaired) electrons. The van der Waals surface area contributed by atoms with Crippen LogP contribution in [-0.2, 0) is 4.74 Å². The first-order chi connectivity index (χ1) is 14.2. The molecule has 0 saturated carbocycles. The lowest BCUT2D eigenvalue weighted by Crippen LogP contribution is -2.17. The quantitative estimate of drug-likeness (QED) is 0.170. The van der Waals surface area contributed by atoms with Crippen molar-refractivity contribution in [2.24, 2.45) is 0 Å². The summed E-state index contributed by atoms with van der Waals surface area (Å²) in [5, 5.41) is 0. The van der Waals surface area contributed by atoms with Crippen LogP contribution in [0.25, 0.3) is 0 Å². The Morgan fingerprint density at radius 2 is 1.00 bits per heavy atom. The first kappa shape index (κ1) is 26.6. The molecule has 0 atom stereocenters. The van der Waals surface area contributed by atoms with Crippen LogP contribution < -0.4 is 0 Å². The lowest BCUT2D eigenvalue weighted by Gasteiger charge is -2.16. The Morgan fingerprint density at radius 3 is 1.38 bits per heavy atom. The number of carbonyl (C=O) groups is 2. The predicted molar refractivity (Wildman–Crippen MR) is 137 cm³/mol. The molecule has 2 aliphatic heterocycles. The molecule has 5 nitrogen and oxygen atoms in total. The van der Waals surface area contributed by atoms with Gasteiger partial charge in [-0.2, -0.15) is 0 Å². The summed E-state index contributed by atoms with van der Waals surface area (Å²) < 4.78 is 10.4. The fourth-order valence-corrected chi connectivity index (χ4v) is 8.78. The molecule has 0 unspecified atom stereocenters. The van der Waals surface area contributed by atoms with Crippen LogP contribution in [0.1, 0.15) is 51.4 Å². The van der Waals surface area contributed by atoms with Gasteiger partial charge in [-0.1, -0.05) is 47.3 Å². The van der Waals surface area contributed by atoms with Gasteiger partial charge < -0.3 is 4.74 Å². The second-order valence-corrected chi connectivity index (χ2v) is 14.2. The van der Waals surface area contributed by atoms with Gasteiger partial charge in [-0.05, 0) is 47.3 Å². The first-order valence-electron chi connectivity index (χ1n) is 10.3. The number of rotatable bonds is 10. The zero-order valence-corrected chi connectivity index (χ0v) is 21.8. The smallest absolute Gasteiger partial charge is 0.271 e. The SMILES string of the molecule is O=C(SSCCOCCSSC(=O)SN1CCCCCC1)SN1CCCCCC1. The van der Waals surface area contributed by atoms with Crippen molar-refractivity contribution in [1.82, 2.24) is 8.61 Å². The molecule has 29 heavy (non-hydrogen) atoms. The topological polar surface area (TPSA) is 49.9 Å². The molecule has 0 aromatic rings. The highest BCUT2D eigenvalue weighted by Crippen LogP contribution is 2.32. The van der Waals surface area contributed by atoms with E-state index in [1.54, 1.807) is 21.6 Å². The molecular formula is C18H32N2O3S6. The van der Waals surface area contributed by atoms with Crippen molar-refractivity contribution in [2.45, 2.75) is 51.4 Å². The predicted octanol–water partition coefficient (Wildman–Crippen LogP) is 7.05. The fourth-order valence-electron chi connectivity index (χ4n) is 2.97. The van der Waals surface area contributed by atoms with Gasteiger partial charge in [-0.3, -0.25) is 9.59 Å². The molecule has 0 amide bonds. The molecular weight excluding hydrogens is 485 g/mol. The Bertz CT molecular complexity index is 419. The minimum atomic E-state index is 0.171. The molecule has 0 N–H and O–H groups in total. The average molecular weight is 517 g/mol. The van der Waals surface area contributed by atoms with Gasteiger partial charge in [0.05, 0.1) is 13.2 Å². The number of hydrogen-bond donors (Lipinski definition) is 0. The van der Waals surface area contributed by atoms with Crippen LogP contribution in [0, 0.1) is 0 Å². The molecule has 2 heterocycles. The van der Waals surface area contributed by atoms with Gasteiger partial charge in [0.1, 0.15) is 0 Å². The second-order valence-electron chi connectivity index (χ2n) is 6.79. The van der Waals surface area contributed by atoms with Gasteiger partial charge in [0.15, 0.2) is 0 Å². The van der Waals surface area contributed by atoms with Crippen LogP contribution in [0.2, 0.25) is 0 Å². The Balaban J connectivity index is 1.36. The van der Waals surface area contributed by atoms with E-state index in [4.69, 9.17) is 4.74 Å². The van der Waals surface area contributed by atoms with E-state index >= 15 is 0 Å². The Morgan fingerprint density at radius 1 is 0.621 bits per heavy atom. The van der Waals surface area contributed by atoms with Crippen molar-refractivity contribution in [3.8, 4) is 0 Å². The standard InChI is InChI=1S/C18H32N2O3S6/c21-17(26-19-9-5-1-2-6-10-19)28-24-15-13-23-14-16-25-29-18(22)27-20-11-7-3-4-8-12-20/h1-16H2. The molecule has 0 aliphatic carbocycles. The van der Waals surface area contributed by atoms with Gasteiger partial charge in [-0.25, -0.2) is 8.61 Å². The minimum Gasteiger partial charge on any atom is -0.380 e. The van der Waals surface area contributed by atoms with Crippen LogP contribution in [-0.4, -0.2) is 68.4 Å². The number of nitrogens with zero attached hydrogens (tertiary/aromatic N) is 2. The zero-order valence-electron chi connectivity index (χ0n) is 16.9. The average Bonchev–Trinajstić information content (AvgIpc) is 3.11. The molecule has 11 heteroatoms. The van der Waals surface area contributed by atoms with Gasteiger partial charge in [0.2, 0.25) is 0 Å². The van der Waals surface area contributed by atoms with Crippen LogP contribution in [0.3, 0.4) is 0 Å². The summed E-state index contributed by atoms with van der Waals surface area (Å²) in [5.74, 6) is 1.61. The highest BCUT2D eigenvalue weighted by atomic mass is 33.1. The van der Waals surface area contributed by atoms with E-state index < -0.39 is 0 Å². The van der Waals surface area contributed by atoms with Gasteiger partial charge in [0.25, 0.3) is 8.89 Å². The third kappa shape index (κ3) is 14.2. The van der Waals surface area contributed by atoms with E-state index in [0.717, 1.165) is 37.7 Å². The fraction of sp³-hybridized carbons (Fsp3) is 0.889. The van der Waals surface area contributed by atoms with Crippen LogP contribution in [0.5, 0.6) is 0 Å². The molecule has 0 bridgehead atoms. The van der Waals surface area contributed by atoms with Crippen molar-refractivity contribution in [1.29, 1.82) is 0 Å². The monoisotopic (exact) mass is 516 g/mol. The van der Waals surface area contributed by atoms with E-state index in [1.807, 2.05) is 0 Å². The largest absolute Gasteiger partial charge is 0.380 e. The summed E-state index contributed by atoms with van der Waals surface area (Å²) in [6, 6.07) is 0. The first-order valence-corrected chi connectivity index (χ1v) is 16.5. The summed E-state index contributed by atoms with van der Waals surface area (Å²) in [7, 11) is 5.78. The molecule has 168 valence electrons. The lowest BCUT2D eigenvalue weighted by molar-refractivity contribution is 0.167. The molecule has 0 spiro atoms. The van der Waals surface area contributed by atoms with E-state index in [-0.39, 0.29) is 8.89 Å². The summed E-state index contributed by atoms with van der Waals surface area (Å²) >= 11 is 2.75. The van der Waals surface area contributed by atoms with Gasteiger partial charge >= 0.3 is 0 Å². The maximum Gasteiger partial charge on any atom is 0.271 e. The van der Waals surface area contributed by atoms with Gasteiger partial charge in [0, 0.05) is 61.6 Å². The number of ether oxygens (including phenoxy) is 1. The molecule has 2 aliphatic rings. The van der Waals surface area contributed by atoms with Gasteiger partial charge in [-0.15, -0.1) is 0 Å². The van der Waals surface area contributed by atoms with Crippen LogP contribution in [0.15, 0.2) is 0 Å². The van der Waals surface area contributed by atoms with Crippen molar-refractivity contribution in [2.75, 3.05) is 50.9 Å². The van der Waals surface area contributed by atoms with Crippen LogP contribution >= 0.6 is 67.1 Å². The van der Waals surface area contributed by atoms with Crippen molar-refractivity contribution < 1.29 is 14.3 Å². The second kappa shape index (κ2) is 17.8. The van der Waals surface area contributed by atoms with Crippen molar-refractivity contribution in [3.63, 3.8) is 0 Å². The highest BCUT2D eigenvalue weighted by molar-refractivity contribution is 8.86. The molecule has 0 aromatic carbocycles. The van der Waals surface area contributed by atoms with E-state index in [9.17, 15) is 9.59 Å². The van der Waals surface area contributed by atoms with E-state index in [1.165, 1.54) is 96.9 Å². The summed E-state index contributed by atoms with van der Waals surface area (Å²) in [6.07, 6.45) is 9.93. The highest BCUT2D eigenvalue weighted by Gasteiger charge is 2.16. The third-order valence-corrected chi connectivity index (χ3v) is 11.3. The summed E-state index contributed by atoms with van der Waals surface area (Å²) in [5.41, 5.74) is 0.